The van der Waals surface area contributed by atoms with Gasteiger partial charge in [-0.3, -0.25) is 0 Å². The lowest BCUT2D eigenvalue weighted by atomic mass is 10.2. The zero-order valence-corrected chi connectivity index (χ0v) is 12.4. The van der Waals surface area contributed by atoms with Crippen molar-refractivity contribution in [2.75, 3.05) is 18.8 Å². The first-order valence-corrected chi connectivity index (χ1v) is 8.14. The van der Waals surface area contributed by atoms with Crippen LogP contribution in [0.5, 0.6) is 0 Å². The minimum atomic E-state index is -3.18. The number of halogens is 1. The van der Waals surface area contributed by atoms with E-state index in [0.717, 1.165) is 13.1 Å². The number of rotatable bonds is 7. The molecule has 0 fully saturated rings. The van der Waals surface area contributed by atoms with Crippen molar-refractivity contribution < 1.29 is 8.42 Å². The molecule has 5 heteroatoms. The molecule has 1 aromatic rings. The van der Waals surface area contributed by atoms with E-state index < -0.39 is 9.84 Å². The second-order valence-corrected chi connectivity index (χ2v) is 7.27. The van der Waals surface area contributed by atoms with Gasteiger partial charge >= 0.3 is 0 Å². The van der Waals surface area contributed by atoms with Crippen LogP contribution in [0.3, 0.4) is 0 Å². The molecule has 18 heavy (non-hydrogen) atoms. The predicted molar refractivity (Wildman–Crippen MR) is 75.8 cm³/mol. The van der Waals surface area contributed by atoms with E-state index in [0.29, 0.717) is 22.3 Å². The van der Waals surface area contributed by atoms with Gasteiger partial charge in [0.25, 0.3) is 0 Å². The van der Waals surface area contributed by atoms with Gasteiger partial charge in [0.15, 0.2) is 9.84 Å². The lowest BCUT2D eigenvalue weighted by Crippen LogP contribution is -2.22. The summed E-state index contributed by atoms with van der Waals surface area (Å²) in [6, 6.07) is 6.31. The van der Waals surface area contributed by atoms with Crippen LogP contribution in [0.4, 0.5) is 0 Å². The van der Waals surface area contributed by atoms with Crippen LogP contribution < -0.4 is 5.32 Å². The highest BCUT2D eigenvalue weighted by Crippen LogP contribution is 2.15. The summed E-state index contributed by atoms with van der Waals surface area (Å²) >= 11 is 5.73. The van der Waals surface area contributed by atoms with Gasteiger partial charge in [0.1, 0.15) is 0 Å². The van der Waals surface area contributed by atoms with Crippen molar-refractivity contribution in [2.45, 2.75) is 25.2 Å². The summed E-state index contributed by atoms with van der Waals surface area (Å²) in [4.78, 5) is 0.343. The molecular weight excluding hydrogens is 270 g/mol. The molecule has 1 rings (SSSR count). The van der Waals surface area contributed by atoms with E-state index in [1.165, 1.54) is 0 Å². The SMILES string of the molecule is CC(C)CNCCCS(=O)(=O)c1ccc(Cl)cc1. The van der Waals surface area contributed by atoms with Crippen LogP contribution in [-0.4, -0.2) is 27.3 Å². The van der Waals surface area contributed by atoms with E-state index in [1.54, 1.807) is 24.3 Å². The van der Waals surface area contributed by atoms with Crippen LogP contribution in [-0.2, 0) is 9.84 Å². The average molecular weight is 290 g/mol. The van der Waals surface area contributed by atoms with Gasteiger partial charge in [-0.15, -0.1) is 0 Å². The lowest BCUT2D eigenvalue weighted by molar-refractivity contribution is 0.546. The summed E-state index contributed by atoms with van der Waals surface area (Å²) < 4.78 is 23.9. The molecule has 0 aliphatic carbocycles. The summed E-state index contributed by atoms with van der Waals surface area (Å²) in [7, 11) is -3.18. The standard InChI is InChI=1S/C13H20ClNO2S/c1-11(2)10-15-8-3-9-18(16,17)13-6-4-12(14)5-7-13/h4-7,11,15H,3,8-10H2,1-2H3. The van der Waals surface area contributed by atoms with Crippen molar-refractivity contribution >= 4 is 21.4 Å². The van der Waals surface area contributed by atoms with Gasteiger partial charge in [0.05, 0.1) is 10.6 Å². The summed E-state index contributed by atoms with van der Waals surface area (Å²) in [6.07, 6.45) is 0.623. The van der Waals surface area contributed by atoms with E-state index in [1.807, 2.05) is 0 Å². The molecule has 3 nitrogen and oxygen atoms in total. The Hall–Kier alpha value is -0.580. The van der Waals surface area contributed by atoms with Crippen molar-refractivity contribution in [3.05, 3.63) is 29.3 Å². The molecule has 0 atom stereocenters. The highest BCUT2D eigenvalue weighted by Gasteiger charge is 2.13. The highest BCUT2D eigenvalue weighted by atomic mass is 35.5. The summed E-state index contributed by atoms with van der Waals surface area (Å²) in [6.45, 7) is 5.89. The topological polar surface area (TPSA) is 46.2 Å². The summed E-state index contributed by atoms with van der Waals surface area (Å²) in [5.41, 5.74) is 0. The Bertz CT molecular complexity index is 454. The van der Waals surface area contributed by atoms with Gasteiger partial charge in [-0.25, -0.2) is 8.42 Å². The fourth-order valence-electron chi connectivity index (χ4n) is 1.54. The normalized spacial score (nSPS) is 12.0. The van der Waals surface area contributed by atoms with Gasteiger partial charge in [-0.05, 0) is 49.7 Å². The van der Waals surface area contributed by atoms with Crippen molar-refractivity contribution in [1.29, 1.82) is 0 Å². The van der Waals surface area contributed by atoms with Crippen LogP contribution in [0.25, 0.3) is 0 Å². The first-order valence-electron chi connectivity index (χ1n) is 6.11. The molecular formula is C13H20ClNO2S. The molecule has 0 radical (unpaired) electrons. The minimum absolute atomic E-state index is 0.166. The van der Waals surface area contributed by atoms with Crippen LogP contribution in [0.1, 0.15) is 20.3 Å². The van der Waals surface area contributed by atoms with Crippen molar-refractivity contribution in [3.8, 4) is 0 Å². The summed E-state index contributed by atoms with van der Waals surface area (Å²) in [5, 5.41) is 3.78. The number of nitrogens with one attached hydrogen (secondary N) is 1. The Balaban J connectivity index is 2.43. The molecule has 102 valence electrons. The quantitative estimate of drug-likeness (QED) is 0.785. The summed E-state index contributed by atoms with van der Waals surface area (Å²) in [5.74, 6) is 0.748. The van der Waals surface area contributed by atoms with Gasteiger partial charge in [-0.1, -0.05) is 25.4 Å². The average Bonchev–Trinajstić information content (AvgIpc) is 2.28. The van der Waals surface area contributed by atoms with Gasteiger partial charge in [0.2, 0.25) is 0 Å². The van der Waals surface area contributed by atoms with Crippen LogP contribution in [0, 0.1) is 5.92 Å². The van der Waals surface area contributed by atoms with E-state index in [-0.39, 0.29) is 5.75 Å². The molecule has 0 saturated carbocycles. The third-order valence-electron chi connectivity index (χ3n) is 2.49. The molecule has 0 bridgehead atoms. The van der Waals surface area contributed by atoms with Gasteiger partial charge in [-0.2, -0.15) is 0 Å². The van der Waals surface area contributed by atoms with Gasteiger partial charge < -0.3 is 5.32 Å². The maximum Gasteiger partial charge on any atom is 0.178 e. The Morgan fingerprint density at radius 1 is 1.22 bits per heavy atom. The van der Waals surface area contributed by atoms with Crippen molar-refractivity contribution in [1.82, 2.24) is 5.32 Å². The molecule has 0 spiro atoms. The van der Waals surface area contributed by atoms with Crippen LogP contribution in [0.15, 0.2) is 29.2 Å². The Morgan fingerprint density at radius 2 is 1.83 bits per heavy atom. The molecule has 0 aliphatic rings. The number of sulfone groups is 1. The molecule has 0 aliphatic heterocycles. The largest absolute Gasteiger partial charge is 0.316 e. The highest BCUT2D eigenvalue weighted by molar-refractivity contribution is 7.91. The lowest BCUT2D eigenvalue weighted by Gasteiger charge is -2.08. The molecule has 0 saturated heterocycles. The third-order valence-corrected chi connectivity index (χ3v) is 4.56. The molecule has 0 heterocycles. The molecule has 0 amide bonds. The zero-order chi connectivity index (χ0) is 13.6. The Labute approximate surface area is 114 Å². The first-order chi connectivity index (χ1) is 8.42. The Kier molecular flexibility index (Phi) is 6.12. The predicted octanol–water partition coefficient (Wildman–Crippen LogP) is 2.75. The van der Waals surface area contributed by atoms with E-state index in [2.05, 4.69) is 19.2 Å². The number of benzene rings is 1. The molecule has 0 aromatic heterocycles. The second kappa shape index (κ2) is 7.12. The minimum Gasteiger partial charge on any atom is -0.316 e. The number of hydrogen-bond acceptors (Lipinski definition) is 3. The van der Waals surface area contributed by atoms with Crippen molar-refractivity contribution in [2.24, 2.45) is 5.92 Å². The smallest absolute Gasteiger partial charge is 0.178 e. The monoisotopic (exact) mass is 289 g/mol. The van der Waals surface area contributed by atoms with E-state index in [4.69, 9.17) is 11.6 Å². The first kappa shape index (κ1) is 15.5. The van der Waals surface area contributed by atoms with Gasteiger partial charge in [0, 0.05) is 5.02 Å². The molecule has 1 N–H and O–H groups in total. The fraction of sp³-hybridized carbons (Fsp3) is 0.538. The fourth-order valence-corrected chi connectivity index (χ4v) is 2.97. The van der Waals surface area contributed by atoms with Crippen LogP contribution in [0.2, 0.25) is 5.02 Å². The van der Waals surface area contributed by atoms with E-state index >= 15 is 0 Å². The Morgan fingerprint density at radius 3 is 2.39 bits per heavy atom. The number of hydrogen-bond donors (Lipinski definition) is 1. The zero-order valence-electron chi connectivity index (χ0n) is 10.8. The van der Waals surface area contributed by atoms with Crippen LogP contribution >= 0.6 is 11.6 Å². The third kappa shape index (κ3) is 5.38. The van der Waals surface area contributed by atoms with E-state index in [9.17, 15) is 8.42 Å². The second-order valence-electron chi connectivity index (χ2n) is 4.72. The van der Waals surface area contributed by atoms with Crippen molar-refractivity contribution in [3.63, 3.8) is 0 Å². The maximum atomic E-state index is 12.0. The molecule has 0 unspecified atom stereocenters. The maximum absolute atomic E-state index is 12.0. The molecule has 1 aromatic carbocycles.